The SMILES string of the molecule is [AlH3].[SrH2].[SrH2].[Zn]. The van der Waals surface area contributed by atoms with Gasteiger partial charge in [0.2, 0.25) is 0 Å². The second kappa shape index (κ2) is 15.7. The van der Waals surface area contributed by atoms with Crippen molar-refractivity contribution in [1.29, 1.82) is 0 Å². The quantitative estimate of drug-likeness (QED) is 0.413. The Labute approximate surface area is 124 Å². The van der Waals surface area contributed by atoms with E-state index in [-0.39, 0.29) is 128 Å². The molecule has 0 saturated heterocycles. The number of hydrogen-bond acceptors (Lipinski definition) is 0. The van der Waals surface area contributed by atoms with E-state index in [1.807, 2.05) is 0 Å². The molecule has 0 amide bonds. The maximum atomic E-state index is 0. The van der Waals surface area contributed by atoms with Crippen LogP contribution in [0.15, 0.2) is 0 Å². The van der Waals surface area contributed by atoms with Crippen LogP contribution >= 0.6 is 0 Å². The minimum Gasteiger partial charge on any atom is 0 e. The van der Waals surface area contributed by atoms with Crippen molar-refractivity contribution in [3.63, 3.8) is 0 Å². The molecule has 0 heterocycles. The summed E-state index contributed by atoms with van der Waals surface area (Å²) in [7, 11) is 0. The van der Waals surface area contributed by atoms with Gasteiger partial charge in [-0.1, -0.05) is 0 Å². The molecule has 0 radical (unpaired) electrons. The largest absolute Gasteiger partial charge is 0 e. The van der Waals surface area contributed by atoms with Crippen molar-refractivity contribution in [3.05, 3.63) is 0 Å². The predicted octanol–water partition coefficient (Wildman–Crippen LogP) is -3.02. The molecule has 0 fully saturated rings. The van der Waals surface area contributed by atoms with Gasteiger partial charge in [-0.3, -0.25) is 0 Å². The molecule has 0 aromatic heterocycles. The van der Waals surface area contributed by atoms with Crippen molar-refractivity contribution in [2.45, 2.75) is 0 Å². The smallest absolute Gasteiger partial charge is 0 e. The van der Waals surface area contributed by atoms with Crippen LogP contribution in [0.2, 0.25) is 0 Å². The van der Waals surface area contributed by atoms with Crippen molar-refractivity contribution < 1.29 is 19.5 Å². The van der Waals surface area contributed by atoms with Crippen LogP contribution in [-0.2, 0) is 19.5 Å². The molecule has 0 aliphatic rings. The fourth-order valence-corrected chi connectivity index (χ4v) is 0. The van der Waals surface area contributed by atoms with Gasteiger partial charge in [-0.15, -0.1) is 0 Å². The first-order valence-corrected chi connectivity index (χ1v) is 0. The summed E-state index contributed by atoms with van der Waals surface area (Å²) >= 11 is 0. The molecular formula is H7AlSr2Zn. The molecule has 0 saturated carbocycles. The van der Waals surface area contributed by atoms with Gasteiger partial charge >= 0.3 is 91.0 Å². The van der Waals surface area contributed by atoms with Crippen LogP contribution in [0.25, 0.3) is 0 Å². The first-order valence-electron chi connectivity index (χ1n) is 0. The van der Waals surface area contributed by atoms with E-state index in [0.717, 1.165) is 0 Å². The fourth-order valence-electron chi connectivity index (χ4n) is 0. The molecule has 0 aromatic carbocycles. The Morgan fingerprint density at radius 1 is 0.750 bits per heavy atom. The molecule has 0 bridgehead atoms. The molecule has 0 spiro atoms. The van der Waals surface area contributed by atoms with Gasteiger partial charge < -0.3 is 0 Å². The van der Waals surface area contributed by atoms with E-state index in [0.29, 0.717) is 0 Å². The van der Waals surface area contributed by atoms with Gasteiger partial charge in [0, 0.05) is 19.5 Å². The molecule has 0 aromatic rings. The first-order chi connectivity index (χ1) is 0. The average molecular weight is 275 g/mol. The first kappa shape index (κ1) is 24.3. The molecular weight excluding hydrogens is 268 g/mol. The monoisotopic (exact) mass is 274 g/mol. The standard InChI is InChI=1S/Al.2Sr.Zn.7H. The zero-order valence-electron chi connectivity index (χ0n) is 0.707. The van der Waals surface area contributed by atoms with Gasteiger partial charge in [0.1, 0.15) is 0 Å². The van der Waals surface area contributed by atoms with Crippen LogP contribution in [-0.4, -0.2) is 108 Å². The van der Waals surface area contributed by atoms with E-state index >= 15 is 0 Å². The van der Waals surface area contributed by atoms with Gasteiger partial charge in [0.25, 0.3) is 0 Å². The Morgan fingerprint density at radius 2 is 0.750 bits per heavy atom. The van der Waals surface area contributed by atoms with Crippen LogP contribution in [0, 0.1) is 0 Å². The molecule has 0 aliphatic carbocycles. The van der Waals surface area contributed by atoms with Crippen molar-refractivity contribution in [1.82, 2.24) is 0 Å². The maximum Gasteiger partial charge on any atom is 0 e. The van der Waals surface area contributed by atoms with E-state index < -0.39 is 0 Å². The molecule has 0 nitrogen and oxygen atoms in total. The van der Waals surface area contributed by atoms with Gasteiger partial charge in [0.15, 0.2) is 17.4 Å². The summed E-state index contributed by atoms with van der Waals surface area (Å²) in [5.74, 6) is 0. The molecule has 0 atom stereocenters. The number of hydrogen-bond donors (Lipinski definition) is 0. The molecule has 4 heteroatoms. The molecule has 0 N–H and O–H groups in total. The van der Waals surface area contributed by atoms with E-state index in [4.69, 9.17) is 0 Å². The van der Waals surface area contributed by atoms with Crippen LogP contribution in [0.5, 0.6) is 0 Å². The minimum atomic E-state index is 0. The Bertz CT molecular complexity index is 6.00. The Morgan fingerprint density at radius 3 is 0.750 bits per heavy atom. The van der Waals surface area contributed by atoms with Crippen LogP contribution < -0.4 is 0 Å². The second-order valence-corrected chi connectivity index (χ2v) is 0. The maximum absolute atomic E-state index is 0. The van der Waals surface area contributed by atoms with E-state index in [2.05, 4.69) is 0 Å². The van der Waals surface area contributed by atoms with Gasteiger partial charge in [-0.2, -0.15) is 0 Å². The Kier molecular flexibility index (Phi) is 95.3. The fraction of sp³-hybridized carbons (Fsp3) is 0. The zero-order chi connectivity index (χ0) is 0. The molecule has 4 heavy (non-hydrogen) atoms. The van der Waals surface area contributed by atoms with Gasteiger partial charge in [0.05, 0.1) is 0 Å². The summed E-state index contributed by atoms with van der Waals surface area (Å²) in [4.78, 5) is 0. The van der Waals surface area contributed by atoms with Crippen molar-refractivity contribution in [2.75, 3.05) is 0 Å². The minimum absolute atomic E-state index is 0. The summed E-state index contributed by atoms with van der Waals surface area (Å²) < 4.78 is 0. The third-order valence-corrected chi connectivity index (χ3v) is 0. The van der Waals surface area contributed by atoms with Crippen molar-refractivity contribution in [2.24, 2.45) is 0 Å². The number of rotatable bonds is 0. The van der Waals surface area contributed by atoms with E-state index in [1.54, 1.807) is 0 Å². The molecule has 0 aliphatic heterocycles. The van der Waals surface area contributed by atoms with Gasteiger partial charge in [-0.25, -0.2) is 0 Å². The normalized spacial score (nSPS) is 0. The van der Waals surface area contributed by atoms with Crippen LogP contribution in [0.1, 0.15) is 0 Å². The van der Waals surface area contributed by atoms with Crippen molar-refractivity contribution >= 4 is 108 Å². The molecule has 16 valence electrons. The third-order valence-electron chi connectivity index (χ3n) is 0. The van der Waals surface area contributed by atoms with Crippen LogP contribution in [0.4, 0.5) is 0 Å². The van der Waals surface area contributed by atoms with E-state index in [1.165, 1.54) is 0 Å². The Balaban J connectivity index is 0. The summed E-state index contributed by atoms with van der Waals surface area (Å²) in [5, 5.41) is 0. The predicted molar refractivity (Wildman–Crippen MR) is 27.0 cm³/mol. The topological polar surface area (TPSA) is 0 Å². The summed E-state index contributed by atoms with van der Waals surface area (Å²) in [5.41, 5.74) is 0. The van der Waals surface area contributed by atoms with Gasteiger partial charge in [-0.05, 0) is 0 Å². The van der Waals surface area contributed by atoms with E-state index in [9.17, 15) is 0 Å². The average Bonchev–Trinajstić information content (AvgIpc) is 0. The molecule has 0 unspecified atom stereocenters. The molecule has 0 rings (SSSR count). The summed E-state index contributed by atoms with van der Waals surface area (Å²) in [6, 6.07) is 0. The second-order valence-electron chi connectivity index (χ2n) is 0. The zero-order valence-corrected chi connectivity index (χ0v) is 3.67. The summed E-state index contributed by atoms with van der Waals surface area (Å²) in [6.45, 7) is 0. The third kappa shape index (κ3) is 9.45. The van der Waals surface area contributed by atoms with Crippen molar-refractivity contribution in [3.8, 4) is 0 Å². The Hall–Kier alpha value is 4.12. The summed E-state index contributed by atoms with van der Waals surface area (Å²) in [6.07, 6.45) is 0. The van der Waals surface area contributed by atoms with Crippen LogP contribution in [0.3, 0.4) is 0 Å².